The molecular weight excluding hydrogens is 394 g/mol. The summed E-state index contributed by atoms with van der Waals surface area (Å²) in [5.41, 5.74) is 0. The van der Waals surface area contributed by atoms with E-state index in [0.717, 1.165) is 0 Å². The molecule has 2 rings (SSSR count). The Hall–Kier alpha value is -2.08. The highest BCUT2D eigenvalue weighted by Gasteiger charge is 2.17. The fraction of sp³-hybridized carbons (Fsp3) is 0.600. The van der Waals surface area contributed by atoms with Crippen LogP contribution in [0.4, 0.5) is 0 Å². The lowest BCUT2D eigenvalue weighted by molar-refractivity contribution is -0.137. The van der Waals surface area contributed by atoms with Crippen LogP contribution in [0.25, 0.3) is 0 Å². The average Bonchev–Trinajstić information content (AvgIpc) is 3.30. The zero-order valence-electron chi connectivity index (χ0n) is 15.1. The SMILES string of the molecule is CSc1nnc(CCN(CCc2nnc(SC)o2)C(=O)CCCC(=O)O)o1. The number of aromatic nitrogens is 4. The highest BCUT2D eigenvalue weighted by molar-refractivity contribution is 7.98. The Bertz CT molecular complexity index is 704. The molecule has 2 aromatic rings. The molecule has 0 saturated carbocycles. The number of hydrogen-bond acceptors (Lipinski definition) is 10. The lowest BCUT2D eigenvalue weighted by Crippen LogP contribution is -2.34. The molecule has 0 aromatic carbocycles. The van der Waals surface area contributed by atoms with Crippen molar-refractivity contribution < 1.29 is 23.5 Å². The first-order valence-corrected chi connectivity index (χ1v) is 10.7. The van der Waals surface area contributed by atoms with Crippen LogP contribution in [0.1, 0.15) is 31.0 Å². The maximum absolute atomic E-state index is 12.5. The summed E-state index contributed by atoms with van der Waals surface area (Å²) < 4.78 is 10.9. The van der Waals surface area contributed by atoms with E-state index >= 15 is 0 Å². The summed E-state index contributed by atoms with van der Waals surface area (Å²) >= 11 is 2.70. The second kappa shape index (κ2) is 10.9. The Balaban J connectivity index is 1.93. The molecule has 0 radical (unpaired) electrons. The first kappa shape index (κ1) is 21.2. The number of aliphatic carboxylic acids is 1. The Labute approximate surface area is 164 Å². The van der Waals surface area contributed by atoms with Gasteiger partial charge in [-0.15, -0.1) is 20.4 Å². The molecule has 10 nitrogen and oxygen atoms in total. The molecule has 0 saturated heterocycles. The van der Waals surface area contributed by atoms with Crippen molar-refractivity contribution in [2.45, 2.75) is 42.5 Å². The number of nitrogens with zero attached hydrogens (tertiary/aromatic N) is 5. The fourth-order valence-electron chi connectivity index (χ4n) is 2.21. The number of carbonyl (C=O) groups is 2. The molecule has 1 amide bonds. The number of rotatable bonds is 12. The number of amides is 1. The van der Waals surface area contributed by atoms with Crippen LogP contribution in [0, 0.1) is 0 Å². The molecule has 0 bridgehead atoms. The molecule has 0 aliphatic heterocycles. The van der Waals surface area contributed by atoms with Gasteiger partial charge in [-0.3, -0.25) is 9.59 Å². The smallest absolute Gasteiger partial charge is 0.303 e. The Morgan fingerprint density at radius 3 is 1.85 bits per heavy atom. The van der Waals surface area contributed by atoms with Crippen molar-refractivity contribution in [1.82, 2.24) is 25.3 Å². The van der Waals surface area contributed by atoms with Gasteiger partial charge in [-0.05, 0) is 18.9 Å². The molecule has 2 heterocycles. The molecule has 0 aliphatic carbocycles. The van der Waals surface area contributed by atoms with Crippen molar-refractivity contribution in [1.29, 1.82) is 0 Å². The third kappa shape index (κ3) is 7.21. The van der Waals surface area contributed by atoms with Crippen LogP contribution < -0.4 is 0 Å². The van der Waals surface area contributed by atoms with Crippen molar-refractivity contribution in [3.8, 4) is 0 Å². The Kier molecular flexibility index (Phi) is 8.58. The summed E-state index contributed by atoms with van der Waals surface area (Å²) in [7, 11) is 0. The van der Waals surface area contributed by atoms with Crippen LogP contribution >= 0.6 is 23.5 Å². The first-order valence-electron chi connectivity index (χ1n) is 8.24. The molecule has 2 aromatic heterocycles. The van der Waals surface area contributed by atoms with Crippen LogP contribution in [0.2, 0.25) is 0 Å². The van der Waals surface area contributed by atoms with Gasteiger partial charge in [-0.2, -0.15) is 0 Å². The van der Waals surface area contributed by atoms with Crippen molar-refractivity contribution in [3.05, 3.63) is 11.8 Å². The number of thioether (sulfide) groups is 2. The maximum atomic E-state index is 12.5. The van der Waals surface area contributed by atoms with E-state index in [-0.39, 0.29) is 18.7 Å². The summed E-state index contributed by atoms with van der Waals surface area (Å²) in [5.74, 6) is -0.152. The lowest BCUT2D eigenvalue weighted by Gasteiger charge is -2.21. The predicted octanol–water partition coefficient (Wildman–Crippen LogP) is 1.77. The van der Waals surface area contributed by atoms with E-state index in [9.17, 15) is 9.59 Å². The van der Waals surface area contributed by atoms with E-state index in [1.165, 1.54) is 23.5 Å². The zero-order valence-corrected chi connectivity index (χ0v) is 16.7. The largest absolute Gasteiger partial charge is 0.481 e. The normalized spacial score (nSPS) is 10.9. The lowest BCUT2D eigenvalue weighted by atomic mass is 10.2. The predicted molar refractivity (Wildman–Crippen MR) is 97.6 cm³/mol. The number of carbonyl (C=O) groups excluding carboxylic acids is 1. The topological polar surface area (TPSA) is 135 Å². The Morgan fingerprint density at radius 1 is 0.926 bits per heavy atom. The van der Waals surface area contributed by atoms with Gasteiger partial charge >= 0.3 is 5.97 Å². The molecule has 1 N–H and O–H groups in total. The van der Waals surface area contributed by atoms with E-state index in [1.807, 2.05) is 12.5 Å². The average molecular weight is 415 g/mol. The fourth-order valence-corrected chi connectivity index (χ4v) is 2.82. The number of carboxylic acid groups (broad SMARTS) is 1. The van der Waals surface area contributed by atoms with Crippen LogP contribution in [0.3, 0.4) is 0 Å². The van der Waals surface area contributed by atoms with Crippen LogP contribution in [0.15, 0.2) is 19.3 Å². The molecule has 0 unspecified atom stereocenters. The summed E-state index contributed by atoms with van der Waals surface area (Å²) in [6.07, 6.45) is 4.91. The van der Waals surface area contributed by atoms with E-state index in [0.29, 0.717) is 54.6 Å². The first-order chi connectivity index (χ1) is 13.0. The van der Waals surface area contributed by atoms with Gasteiger partial charge in [-0.25, -0.2) is 0 Å². The second-order valence-electron chi connectivity index (χ2n) is 5.46. The number of carboxylic acids is 1. The molecule has 148 valence electrons. The van der Waals surface area contributed by atoms with E-state index in [1.54, 1.807) is 4.90 Å². The Morgan fingerprint density at radius 2 is 1.44 bits per heavy atom. The van der Waals surface area contributed by atoms with Crippen LogP contribution in [-0.2, 0) is 22.4 Å². The van der Waals surface area contributed by atoms with Gasteiger partial charge in [0.15, 0.2) is 0 Å². The molecule has 27 heavy (non-hydrogen) atoms. The minimum atomic E-state index is -0.916. The van der Waals surface area contributed by atoms with Gasteiger partial charge in [0.1, 0.15) is 0 Å². The van der Waals surface area contributed by atoms with Gasteiger partial charge in [0.25, 0.3) is 10.4 Å². The highest BCUT2D eigenvalue weighted by Crippen LogP contribution is 2.14. The molecule has 0 atom stereocenters. The highest BCUT2D eigenvalue weighted by atomic mass is 32.2. The molecule has 0 fully saturated rings. The van der Waals surface area contributed by atoms with Gasteiger partial charge in [0, 0.05) is 38.8 Å². The maximum Gasteiger partial charge on any atom is 0.303 e. The van der Waals surface area contributed by atoms with E-state index < -0.39 is 5.97 Å². The molecular formula is C15H21N5O5S2. The quantitative estimate of drug-likeness (QED) is 0.508. The van der Waals surface area contributed by atoms with Crippen LogP contribution in [0.5, 0.6) is 0 Å². The monoisotopic (exact) mass is 415 g/mol. The second-order valence-corrected chi connectivity index (χ2v) is 6.97. The minimum Gasteiger partial charge on any atom is -0.481 e. The van der Waals surface area contributed by atoms with Crippen molar-refractivity contribution >= 4 is 35.4 Å². The zero-order chi connectivity index (χ0) is 19.6. The van der Waals surface area contributed by atoms with Crippen molar-refractivity contribution in [3.63, 3.8) is 0 Å². The van der Waals surface area contributed by atoms with Gasteiger partial charge < -0.3 is 18.8 Å². The van der Waals surface area contributed by atoms with Gasteiger partial charge in [-0.1, -0.05) is 23.5 Å². The molecule has 0 aliphatic rings. The summed E-state index contributed by atoms with van der Waals surface area (Å²) in [4.78, 5) is 24.8. The van der Waals surface area contributed by atoms with Gasteiger partial charge in [0.2, 0.25) is 17.7 Å². The number of hydrogen-bond donors (Lipinski definition) is 1. The summed E-state index contributed by atoms with van der Waals surface area (Å²) in [5, 5.41) is 25.3. The third-order valence-corrected chi connectivity index (χ3v) is 4.60. The third-order valence-electron chi connectivity index (χ3n) is 3.57. The molecule has 0 spiro atoms. The van der Waals surface area contributed by atoms with E-state index in [4.69, 9.17) is 13.9 Å². The summed E-state index contributed by atoms with van der Waals surface area (Å²) in [6.45, 7) is 0.761. The van der Waals surface area contributed by atoms with Crippen molar-refractivity contribution in [2.75, 3.05) is 25.6 Å². The standard InChI is InChI=1S/C15H21N5O5S2/c1-26-14-18-16-10(24-14)6-8-20(12(21)4-3-5-13(22)23)9-7-11-17-19-15(25-11)27-2/h3-9H2,1-2H3,(H,22,23). The molecule has 12 heteroatoms. The van der Waals surface area contributed by atoms with Crippen molar-refractivity contribution in [2.24, 2.45) is 0 Å². The van der Waals surface area contributed by atoms with Gasteiger partial charge in [0.05, 0.1) is 0 Å². The van der Waals surface area contributed by atoms with E-state index in [2.05, 4.69) is 20.4 Å². The minimum absolute atomic E-state index is 0.0406. The van der Waals surface area contributed by atoms with Crippen LogP contribution in [-0.4, -0.2) is 67.9 Å². The summed E-state index contributed by atoms with van der Waals surface area (Å²) in [6, 6.07) is 0.